The van der Waals surface area contributed by atoms with Crippen LogP contribution in [0.4, 0.5) is 5.69 Å². The van der Waals surface area contributed by atoms with Gasteiger partial charge in [-0.25, -0.2) is 0 Å². The summed E-state index contributed by atoms with van der Waals surface area (Å²) in [6.45, 7) is 0.0542. The Morgan fingerprint density at radius 2 is 2.00 bits per heavy atom. The Bertz CT molecular complexity index is 537. The third kappa shape index (κ3) is 2.56. The quantitative estimate of drug-likeness (QED) is 0.585. The van der Waals surface area contributed by atoms with Crippen molar-refractivity contribution in [1.29, 1.82) is 0 Å². The molecule has 0 aromatic heterocycles. The number of aliphatic hydroxyl groups excluding tert-OH is 2. The van der Waals surface area contributed by atoms with Crippen molar-refractivity contribution < 1.29 is 24.7 Å². The summed E-state index contributed by atoms with van der Waals surface area (Å²) in [4.78, 5) is 23.6. The smallest absolute Gasteiger partial charge is 0.310 e. The van der Waals surface area contributed by atoms with Crippen molar-refractivity contribution in [3.8, 4) is 5.75 Å². The number of amides is 1. The summed E-state index contributed by atoms with van der Waals surface area (Å²) >= 11 is 0. The number of rotatable bonds is 3. The van der Waals surface area contributed by atoms with E-state index in [0.29, 0.717) is 0 Å². The topological polar surface area (TPSA) is 113 Å². The van der Waals surface area contributed by atoms with Gasteiger partial charge in [-0.15, -0.1) is 0 Å². The molecule has 0 spiro atoms. The highest BCUT2D eigenvalue weighted by Gasteiger charge is 2.33. The van der Waals surface area contributed by atoms with E-state index in [-0.39, 0.29) is 30.1 Å². The second kappa shape index (κ2) is 5.43. The average molecular weight is 282 g/mol. The first-order valence-electron chi connectivity index (χ1n) is 5.92. The Hall–Kier alpha value is -2.19. The first kappa shape index (κ1) is 14.2. The van der Waals surface area contributed by atoms with Crippen LogP contribution in [-0.4, -0.2) is 58.4 Å². The van der Waals surface area contributed by atoms with E-state index >= 15 is 0 Å². The third-order valence-corrected chi connectivity index (χ3v) is 3.17. The molecule has 2 unspecified atom stereocenters. The fourth-order valence-corrected chi connectivity index (χ4v) is 2.08. The fraction of sp³-hybridized carbons (Fsp3) is 0.417. The minimum Gasteiger partial charge on any atom is -0.490 e. The molecule has 20 heavy (non-hydrogen) atoms. The molecule has 0 radical (unpaired) electrons. The Labute approximate surface area is 114 Å². The molecule has 8 nitrogen and oxygen atoms in total. The molecule has 108 valence electrons. The molecule has 0 bridgehead atoms. The minimum atomic E-state index is -0.973. The van der Waals surface area contributed by atoms with E-state index in [1.165, 1.54) is 30.2 Å². The Kier molecular flexibility index (Phi) is 3.86. The number of nitro benzene ring substituents is 1. The maximum absolute atomic E-state index is 12.2. The predicted octanol–water partition coefficient (Wildman–Crippen LogP) is -0.219. The highest BCUT2D eigenvalue weighted by Crippen LogP contribution is 2.28. The summed E-state index contributed by atoms with van der Waals surface area (Å²) in [6.07, 6.45) is -1.95. The number of benzene rings is 1. The van der Waals surface area contributed by atoms with Gasteiger partial charge < -0.3 is 19.8 Å². The van der Waals surface area contributed by atoms with E-state index in [0.717, 1.165) is 0 Å². The first-order chi connectivity index (χ1) is 9.43. The zero-order valence-electron chi connectivity index (χ0n) is 10.7. The van der Waals surface area contributed by atoms with Crippen molar-refractivity contribution in [1.82, 2.24) is 4.90 Å². The van der Waals surface area contributed by atoms with Crippen LogP contribution in [0, 0.1) is 10.1 Å². The lowest BCUT2D eigenvalue weighted by molar-refractivity contribution is -0.385. The number of aliphatic hydroxyl groups is 2. The van der Waals surface area contributed by atoms with E-state index in [1.54, 1.807) is 0 Å². The Morgan fingerprint density at radius 3 is 2.50 bits per heavy atom. The van der Waals surface area contributed by atoms with Crippen LogP contribution in [-0.2, 0) is 0 Å². The van der Waals surface area contributed by atoms with Gasteiger partial charge in [0.15, 0.2) is 5.75 Å². The molecule has 1 aliphatic heterocycles. The molecule has 8 heteroatoms. The van der Waals surface area contributed by atoms with Crippen molar-refractivity contribution in [2.75, 3.05) is 20.2 Å². The fourth-order valence-electron chi connectivity index (χ4n) is 2.08. The summed E-state index contributed by atoms with van der Waals surface area (Å²) in [5.41, 5.74) is -0.0284. The summed E-state index contributed by atoms with van der Waals surface area (Å²) < 4.78 is 4.89. The van der Waals surface area contributed by atoms with Gasteiger partial charge in [0.05, 0.1) is 24.2 Å². The number of carbonyl (C=O) groups excluding carboxylic acids is 1. The van der Waals surface area contributed by atoms with Crippen LogP contribution in [0.25, 0.3) is 0 Å². The molecule has 2 atom stereocenters. The van der Waals surface area contributed by atoms with Gasteiger partial charge in [-0.3, -0.25) is 14.9 Å². The van der Waals surface area contributed by atoms with Crippen LogP contribution >= 0.6 is 0 Å². The number of β-amino-alcohol motifs (C(OH)–C–C–N with tert-alkyl or cyclic N) is 2. The number of methoxy groups -OCH3 is 1. The Balaban J connectivity index is 2.25. The minimum absolute atomic E-state index is 0.0128. The molecular formula is C12H14N2O6. The molecule has 2 rings (SSSR count). The van der Waals surface area contributed by atoms with E-state index in [9.17, 15) is 25.1 Å². The van der Waals surface area contributed by atoms with Crippen LogP contribution in [0.15, 0.2) is 18.2 Å². The normalized spacial score (nSPS) is 21.9. The van der Waals surface area contributed by atoms with E-state index in [4.69, 9.17) is 4.74 Å². The zero-order chi connectivity index (χ0) is 14.9. The Morgan fingerprint density at radius 1 is 1.40 bits per heavy atom. The van der Waals surface area contributed by atoms with Crippen molar-refractivity contribution >= 4 is 11.6 Å². The van der Waals surface area contributed by atoms with Gasteiger partial charge >= 0.3 is 5.69 Å². The lowest BCUT2D eigenvalue weighted by Crippen LogP contribution is -2.29. The molecule has 1 aliphatic rings. The zero-order valence-corrected chi connectivity index (χ0v) is 10.7. The number of likely N-dealkylation sites (tertiary alicyclic amines) is 1. The number of ether oxygens (including phenoxy) is 1. The molecule has 2 N–H and O–H groups in total. The van der Waals surface area contributed by atoms with Crippen LogP contribution in [0.1, 0.15) is 10.4 Å². The van der Waals surface area contributed by atoms with E-state index < -0.39 is 23.0 Å². The maximum atomic E-state index is 12.2. The molecule has 1 amide bonds. The monoisotopic (exact) mass is 282 g/mol. The predicted molar refractivity (Wildman–Crippen MR) is 67.6 cm³/mol. The molecule has 1 heterocycles. The second-order valence-electron chi connectivity index (χ2n) is 4.49. The molecule has 1 aromatic carbocycles. The standard InChI is InChI=1S/C12H14N2O6/c1-20-11-4-7(2-3-8(11)14(18)19)12(17)13-5-9(15)10(16)6-13/h2-4,9-10,15-16H,5-6H2,1H3. The van der Waals surface area contributed by atoms with Gasteiger partial charge in [-0.2, -0.15) is 0 Å². The lowest BCUT2D eigenvalue weighted by Gasteiger charge is -2.15. The van der Waals surface area contributed by atoms with Crippen molar-refractivity contribution in [2.24, 2.45) is 0 Å². The largest absolute Gasteiger partial charge is 0.490 e. The lowest BCUT2D eigenvalue weighted by atomic mass is 10.1. The van der Waals surface area contributed by atoms with Crippen LogP contribution in [0.5, 0.6) is 5.75 Å². The maximum Gasteiger partial charge on any atom is 0.310 e. The molecule has 1 saturated heterocycles. The van der Waals surface area contributed by atoms with Gasteiger partial charge in [0.25, 0.3) is 5.91 Å². The molecule has 1 aromatic rings. The summed E-state index contributed by atoms with van der Waals surface area (Å²) in [5.74, 6) is -0.435. The van der Waals surface area contributed by atoms with Gasteiger partial charge in [0.2, 0.25) is 0 Å². The van der Waals surface area contributed by atoms with Gasteiger partial charge in [0.1, 0.15) is 0 Å². The number of hydrogen-bond acceptors (Lipinski definition) is 6. The van der Waals surface area contributed by atoms with Gasteiger partial charge in [0, 0.05) is 30.8 Å². The summed E-state index contributed by atoms with van der Waals surface area (Å²) in [6, 6.07) is 3.78. The first-order valence-corrected chi connectivity index (χ1v) is 5.92. The second-order valence-corrected chi connectivity index (χ2v) is 4.49. The van der Waals surface area contributed by atoms with E-state index in [2.05, 4.69) is 0 Å². The number of nitrogens with zero attached hydrogens (tertiary/aromatic N) is 2. The highest BCUT2D eigenvalue weighted by atomic mass is 16.6. The number of hydrogen-bond donors (Lipinski definition) is 2. The van der Waals surface area contributed by atoms with E-state index in [1.807, 2.05) is 0 Å². The number of nitro groups is 1. The number of carbonyl (C=O) groups is 1. The van der Waals surface area contributed by atoms with Gasteiger partial charge in [-0.1, -0.05) is 0 Å². The third-order valence-electron chi connectivity index (χ3n) is 3.17. The molecule has 0 saturated carbocycles. The van der Waals surface area contributed by atoms with Gasteiger partial charge in [-0.05, 0) is 6.07 Å². The molecular weight excluding hydrogens is 268 g/mol. The summed E-state index contributed by atoms with van der Waals surface area (Å²) in [7, 11) is 1.28. The molecule has 0 aliphatic carbocycles. The SMILES string of the molecule is COc1cc(C(=O)N2CC(O)C(O)C2)ccc1[N+](=O)[O-]. The van der Waals surface area contributed by atoms with Crippen molar-refractivity contribution in [3.05, 3.63) is 33.9 Å². The van der Waals surface area contributed by atoms with Crippen LogP contribution < -0.4 is 4.74 Å². The van der Waals surface area contributed by atoms with Crippen LogP contribution in [0.2, 0.25) is 0 Å². The van der Waals surface area contributed by atoms with Crippen molar-refractivity contribution in [3.63, 3.8) is 0 Å². The van der Waals surface area contributed by atoms with Crippen LogP contribution in [0.3, 0.4) is 0 Å². The highest BCUT2D eigenvalue weighted by molar-refractivity contribution is 5.95. The molecule has 1 fully saturated rings. The average Bonchev–Trinajstić information content (AvgIpc) is 2.77. The summed E-state index contributed by atoms with van der Waals surface area (Å²) in [5, 5.41) is 29.6. The van der Waals surface area contributed by atoms with Crippen molar-refractivity contribution in [2.45, 2.75) is 12.2 Å².